The molecule has 1 aliphatic rings. The van der Waals surface area contributed by atoms with Crippen LogP contribution in [0.5, 0.6) is 0 Å². The lowest BCUT2D eigenvalue weighted by atomic mass is 9.84. The highest BCUT2D eigenvalue weighted by molar-refractivity contribution is 6.34. The second kappa shape index (κ2) is 7.06. The van der Waals surface area contributed by atoms with Gasteiger partial charge in [-0.15, -0.1) is 0 Å². The van der Waals surface area contributed by atoms with Crippen LogP contribution in [0, 0.1) is 0 Å². The molecule has 1 heterocycles. The van der Waals surface area contributed by atoms with Crippen molar-refractivity contribution in [2.45, 2.75) is 64.4 Å². The molecule has 0 unspecified atom stereocenters. The molecule has 0 radical (unpaired) electrons. The Balaban J connectivity index is 2.39. The van der Waals surface area contributed by atoms with Gasteiger partial charge in [-0.1, -0.05) is 55.8 Å². The van der Waals surface area contributed by atoms with Crippen LogP contribution in [-0.4, -0.2) is 16.6 Å². The molecule has 1 saturated carbocycles. The van der Waals surface area contributed by atoms with Gasteiger partial charge >= 0.3 is 0 Å². The third-order valence-corrected chi connectivity index (χ3v) is 4.52. The summed E-state index contributed by atoms with van der Waals surface area (Å²) in [7, 11) is 0. The molecule has 1 aromatic rings. The van der Waals surface area contributed by atoms with Gasteiger partial charge in [0.1, 0.15) is 15.9 Å². The predicted octanol–water partition coefficient (Wildman–Crippen LogP) is 4.93. The maximum Gasteiger partial charge on any atom is 0.163 e. The van der Waals surface area contributed by atoms with Gasteiger partial charge in [-0.25, -0.2) is 9.97 Å². The van der Waals surface area contributed by atoms with Crippen LogP contribution in [0.15, 0.2) is 0 Å². The van der Waals surface area contributed by atoms with Gasteiger partial charge in [-0.3, -0.25) is 0 Å². The van der Waals surface area contributed by atoms with Gasteiger partial charge in [-0.05, 0) is 26.2 Å². The zero-order valence-corrected chi connectivity index (χ0v) is 13.7. The van der Waals surface area contributed by atoms with E-state index in [-0.39, 0.29) is 0 Å². The quantitative estimate of drug-likeness (QED) is 0.722. The monoisotopic (exact) mass is 316 g/mol. The van der Waals surface area contributed by atoms with E-state index in [0.717, 1.165) is 44.1 Å². The Kier molecular flexibility index (Phi) is 5.65. The standard InChI is InChI=1S/C15H22Cl2N2O/c1-3-8-11-12(16)18-14(19-13(11)17)15(20-4-2)9-6-5-7-10-15/h3-10H2,1-2H3. The molecule has 0 aliphatic heterocycles. The van der Waals surface area contributed by atoms with Crippen LogP contribution in [-0.2, 0) is 16.8 Å². The van der Waals surface area contributed by atoms with Crippen LogP contribution in [0.1, 0.15) is 63.8 Å². The smallest absolute Gasteiger partial charge is 0.163 e. The molecular weight excluding hydrogens is 295 g/mol. The molecule has 1 fully saturated rings. The molecule has 0 N–H and O–H groups in total. The fourth-order valence-electron chi connectivity index (χ4n) is 2.92. The summed E-state index contributed by atoms with van der Waals surface area (Å²) in [4.78, 5) is 9.02. The Hall–Kier alpha value is -0.380. The average Bonchev–Trinajstić information content (AvgIpc) is 2.44. The number of halogens is 2. The molecule has 0 spiro atoms. The number of rotatable bonds is 5. The van der Waals surface area contributed by atoms with E-state index in [4.69, 9.17) is 27.9 Å². The van der Waals surface area contributed by atoms with Gasteiger partial charge in [0.05, 0.1) is 0 Å². The number of hydrogen-bond acceptors (Lipinski definition) is 3. The molecule has 1 aromatic heterocycles. The van der Waals surface area contributed by atoms with Crippen molar-refractivity contribution in [3.05, 3.63) is 21.7 Å². The zero-order valence-electron chi connectivity index (χ0n) is 12.2. The Labute approximate surface area is 131 Å². The van der Waals surface area contributed by atoms with Gasteiger partial charge in [-0.2, -0.15) is 0 Å². The van der Waals surface area contributed by atoms with E-state index in [1.807, 2.05) is 6.92 Å². The van der Waals surface area contributed by atoms with Crippen molar-refractivity contribution in [2.75, 3.05) is 6.61 Å². The predicted molar refractivity (Wildman–Crippen MR) is 82.4 cm³/mol. The van der Waals surface area contributed by atoms with Crippen molar-refractivity contribution in [1.29, 1.82) is 0 Å². The first-order valence-electron chi connectivity index (χ1n) is 7.49. The normalized spacial score (nSPS) is 18.2. The van der Waals surface area contributed by atoms with Gasteiger partial charge in [0.25, 0.3) is 0 Å². The average molecular weight is 317 g/mol. The third-order valence-electron chi connectivity index (χ3n) is 3.90. The summed E-state index contributed by atoms with van der Waals surface area (Å²) >= 11 is 12.6. The number of ether oxygens (including phenoxy) is 1. The summed E-state index contributed by atoms with van der Waals surface area (Å²) in [5, 5.41) is 0.956. The van der Waals surface area contributed by atoms with Crippen LogP contribution in [0.2, 0.25) is 10.3 Å². The first-order chi connectivity index (χ1) is 9.63. The lowest BCUT2D eigenvalue weighted by molar-refractivity contribution is -0.0767. The number of nitrogens with zero attached hydrogens (tertiary/aromatic N) is 2. The van der Waals surface area contributed by atoms with Crippen LogP contribution >= 0.6 is 23.2 Å². The lowest BCUT2D eigenvalue weighted by Gasteiger charge is -2.35. The van der Waals surface area contributed by atoms with Gasteiger partial charge in [0.2, 0.25) is 0 Å². The summed E-state index contributed by atoms with van der Waals surface area (Å²) < 4.78 is 6.02. The molecule has 0 bridgehead atoms. The van der Waals surface area contributed by atoms with Crippen LogP contribution in [0.25, 0.3) is 0 Å². The SMILES string of the molecule is CCCc1c(Cl)nc(C2(OCC)CCCCC2)nc1Cl. The Morgan fingerprint density at radius 3 is 2.15 bits per heavy atom. The van der Waals surface area contributed by atoms with Crippen molar-refractivity contribution >= 4 is 23.2 Å². The minimum Gasteiger partial charge on any atom is -0.367 e. The summed E-state index contributed by atoms with van der Waals surface area (Å²) in [5.41, 5.74) is 0.451. The Morgan fingerprint density at radius 2 is 1.65 bits per heavy atom. The summed E-state index contributed by atoms with van der Waals surface area (Å²) in [6.45, 7) is 4.74. The van der Waals surface area contributed by atoms with Crippen LogP contribution in [0.3, 0.4) is 0 Å². The Morgan fingerprint density at radius 1 is 1.05 bits per heavy atom. The molecular formula is C15H22Cl2N2O. The van der Waals surface area contributed by atoms with Crippen molar-refractivity contribution < 1.29 is 4.74 Å². The molecule has 0 amide bonds. The second-order valence-corrected chi connectivity index (χ2v) is 6.06. The zero-order chi connectivity index (χ0) is 14.6. The van der Waals surface area contributed by atoms with Crippen molar-refractivity contribution in [3.63, 3.8) is 0 Å². The van der Waals surface area contributed by atoms with Crippen LogP contribution < -0.4 is 0 Å². The molecule has 20 heavy (non-hydrogen) atoms. The van der Waals surface area contributed by atoms with E-state index in [1.54, 1.807) is 0 Å². The van der Waals surface area contributed by atoms with E-state index in [9.17, 15) is 0 Å². The topological polar surface area (TPSA) is 35.0 Å². The van der Waals surface area contributed by atoms with Crippen molar-refractivity contribution in [3.8, 4) is 0 Å². The first-order valence-corrected chi connectivity index (χ1v) is 8.25. The van der Waals surface area contributed by atoms with E-state index >= 15 is 0 Å². The minimum atomic E-state index is -0.398. The van der Waals surface area contributed by atoms with Crippen molar-refractivity contribution in [2.24, 2.45) is 0 Å². The maximum atomic E-state index is 6.30. The second-order valence-electron chi connectivity index (χ2n) is 5.35. The summed E-state index contributed by atoms with van der Waals surface area (Å²) in [5.74, 6) is 0.661. The highest BCUT2D eigenvalue weighted by Gasteiger charge is 2.38. The van der Waals surface area contributed by atoms with Gasteiger partial charge in [0.15, 0.2) is 5.82 Å². The fraction of sp³-hybridized carbons (Fsp3) is 0.733. The summed E-state index contributed by atoms with van der Waals surface area (Å²) in [6.07, 6.45) is 7.18. The number of hydrogen-bond donors (Lipinski definition) is 0. The van der Waals surface area contributed by atoms with E-state index in [1.165, 1.54) is 6.42 Å². The maximum absolute atomic E-state index is 6.30. The highest BCUT2D eigenvalue weighted by Crippen LogP contribution is 2.40. The molecule has 0 atom stereocenters. The van der Waals surface area contributed by atoms with E-state index < -0.39 is 5.60 Å². The largest absolute Gasteiger partial charge is 0.367 e. The first kappa shape index (κ1) is 16.0. The minimum absolute atomic E-state index is 0.398. The molecule has 0 saturated heterocycles. The molecule has 3 nitrogen and oxygen atoms in total. The molecule has 112 valence electrons. The third kappa shape index (κ3) is 3.26. The fourth-order valence-corrected chi connectivity index (χ4v) is 3.50. The van der Waals surface area contributed by atoms with E-state index in [0.29, 0.717) is 22.7 Å². The molecule has 1 aliphatic carbocycles. The van der Waals surface area contributed by atoms with Crippen molar-refractivity contribution in [1.82, 2.24) is 9.97 Å². The Bertz CT molecular complexity index is 431. The molecule has 2 rings (SSSR count). The molecule has 5 heteroatoms. The summed E-state index contributed by atoms with van der Waals surface area (Å²) in [6, 6.07) is 0. The molecule has 0 aromatic carbocycles. The van der Waals surface area contributed by atoms with Crippen LogP contribution in [0.4, 0.5) is 0 Å². The van der Waals surface area contributed by atoms with E-state index in [2.05, 4.69) is 16.9 Å². The lowest BCUT2D eigenvalue weighted by Crippen LogP contribution is -2.34. The van der Waals surface area contributed by atoms with Gasteiger partial charge < -0.3 is 4.74 Å². The highest BCUT2D eigenvalue weighted by atomic mass is 35.5. The van der Waals surface area contributed by atoms with Gasteiger partial charge in [0, 0.05) is 12.2 Å². The number of aromatic nitrogens is 2.